The summed E-state index contributed by atoms with van der Waals surface area (Å²) in [7, 11) is 0. The molecule has 1 N–H and O–H groups in total. The fraction of sp³-hybridized carbons (Fsp3) is 0.400. The molecule has 1 aliphatic carbocycles. The van der Waals surface area contributed by atoms with Crippen LogP contribution in [0.5, 0.6) is 5.75 Å². The summed E-state index contributed by atoms with van der Waals surface area (Å²) in [6.45, 7) is 2.22. The molecule has 2 heteroatoms. The van der Waals surface area contributed by atoms with Gasteiger partial charge < -0.3 is 5.11 Å². The predicted octanol–water partition coefficient (Wildman–Crippen LogP) is 3.17. The number of phenols is 1. The Morgan fingerprint density at radius 1 is 1.50 bits per heavy atom. The van der Waals surface area contributed by atoms with Crippen LogP contribution in [0.15, 0.2) is 18.2 Å². The molecule has 0 spiro atoms. The highest BCUT2D eigenvalue weighted by atomic mass is 35.5. The second kappa shape index (κ2) is 2.67. The average molecular weight is 183 g/mol. The van der Waals surface area contributed by atoms with E-state index in [0.717, 1.165) is 5.92 Å². The van der Waals surface area contributed by atoms with Crippen molar-refractivity contribution in [1.82, 2.24) is 0 Å². The Balaban J connectivity index is 2.33. The highest BCUT2D eigenvalue weighted by Gasteiger charge is 2.35. The largest absolute Gasteiger partial charge is 0.508 e. The van der Waals surface area contributed by atoms with Gasteiger partial charge in [0.25, 0.3) is 0 Å². The van der Waals surface area contributed by atoms with Crippen LogP contribution < -0.4 is 0 Å². The highest BCUT2D eigenvalue weighted by molar-refractivity contribution is 6.31. The van der Waals surface area contributed by atoms with Crippen LogP contribution >= 0.6 is 11.6 Å². The average Bonchev–Trinajstić information content (AvgIpc) is 2.66. The molecule has 64 valence electrons. The molecule has 0 aliphatic heterocycles. The summed E-state index contributed by atoms with van der Waals surface area (Å²) >= 11 is 5.97. The van der Waals surface area contributed by atoms with Gasteiger partial charge in [-0.15, -0.1) is 0 Å². The first-order valence-corrected chi connectivity index (χ1v) is 4.54. The van der Waals surface area contributed by atoms with Gasteiger partial charge in [0.15, 0.2) is 0 Å². The van der Waals surface area contributed by atoms with Crippen molar-refractivity contribution < 1.29 is 5.11 Å². The van der Waals surface area contributed by atoms with Crippen LogP contribution in [0, 0.1) is 5.92 Å². The molecular formula is C10H11ClO. The number of halogens is 1. The SMILES string of the molecule is CC1CC1c1ccc(O)cc1Cl. The monoisotopic (exact) mass is 182 g/mol. The molecule has 1 nitrogen and oxygen atoms in total. The first-order chi connectivity index (χ1) is 5.68. The minimum Gasteiger partial charge on any atom is -0.508 e. The van der Waals surface area contributed by atoms with E-state index in [4.69, 9.17) is 16.7 Å². The van der Waals surface area contributed by atoms with Crippen molar-refractivity contribution in [3.05, 3.63) is 28.8 Å². The third kappa shape index (κ3) is 1.29. The van der Waals surface area contributed by atoms with Crippen LogP contribution in [-0.4, -0.2) is 5.11 Å². The minimum absolute atomic E-state index is 0.247. The Hall–Kier alpha value is -0.690. The van der Waals surface area contributed by atoms with Gasteiger partial charge in [-0.3, -0.25) is 0 Å². The van der Waals surface area contributed by atoms with Crippen molar-refractivity contribution in [2.45, 2.75) is 19.3 Å². The van der Waals surface area contributed by atoms with Crippen LogP contribution in [0.25, 0.3) is 0 Å². The van der Waals surface area contributed by atoms with E-state index in [2.05, 4.69) is 6.92 Å². The maximum absolute atomic E-state index is 9.12. The molecule has 1 aliphatic rings. The van der Waals surface area contributed by atoms with Crippen molar-refractivity contribution in [3.8, 4) is 5.75 Å². The van der Waals surface area contributed by atoms with Gasteiger partial charge in [0.05, 0.1) is 0 Å². The van der Waals surface area contributed by atoms with Gasteiger partial charge >= 0.3 is 0 Å². The molecule has 0 amide bonds. The molecule has 1 saturated carbocycles. The number of phenolic OH excluding ortho intramolecular Hbond substituents is 1. The van der Waals surface area contributed by atoms with E-state index in [-0.39, 0.29) is 5.75 Å². The molecule has 0 heterocycles. The smallest absolute Gasteiger partial charge is 0.117 e. The predicted molar refractivity (Wildman–Crippen MR) is 49.6 cm³/mol. The molecular weight excluding hydrogens is 172 g/mol. The lowest BCUT2D eigenvalue weighted by molar-refractivity contribution is 0.475. The van der Waals surface area contributed by atoms with Crippen molar-refractivity contribution in [2.75, 3.05) is 0 Å². The molecule has 0 bridgehead atoms. The second-order valence-corrected chi connectivity index (χ2v) is 3.93. The van der Waals surface area contributed by atoms with Crippen LogP contribution in [0.4, 0.5) is 0 Å². The fourth-order valence-electron chi connectivity index (χ4n) is 1.57. The zero-order valence-electron chi connectivity index (χ0n) is 6.92. The Bertz CT molecular complexity index is 309. The molecule has 2 unspecified atom stereocenters. The van der Waals surface area contributed by atoms with Crippen LogP contribution in [-0.2, 0) is 0 Å². The van der Waals surface area contributed by atoms with Crippen molar-refractivity contribution in [1.29, 1.82) is 0 Å². The van der Waals surface area contributed by atoms with Crippen molar-refractivity contribution in [3.63, 3.8) is 0 Å². The lowest BCUT2D eigenvalue weighted by Gasteiger charge is -2.02. The zero-order chi connectivity index (χ0) is 8.72. The lowest BCUT2D eigenvalue weighted by Crippen LogP contribution is -1.82. The molecule has 1 aromatic carbocycles. The third-order valence-corrected chi connectivity index (χ3v) is 2.82. The maximum atomic E-state index is 9.12. The van der Waals surface area contributed by atoms with E-state index in [1.807, 2.05) is 6.07 Å². The first-order valence-electron chi connectivity index (χ1n) is 4.17. The highest BCUT2D eigenvalue weighted by Crippen LogP contribution is 2.49. The van der Waals surface area contributed by atoms with E-state index < -0.39 is 0 Å². The molecule has 12 heavy (non-hydrogen) atoms. The van der Waals surface area contributed by atoms with E-state index in [1.165, 1.54) is 12.0 Å². The summed E-state index contributed by atoms with van der Waals surface area (Å²) in [5.41, 5.74) is 1.18. The Morgan fingerprint density at radius 3 is 2.67 bits per heavy atom. The molecule has 0 radical (unpaired) electrons. The summed E-state index contributed by atoms with van der Waals surface area (Å²) in [6, 6.07) is 5.24. The summed E-state index contributed by atoms with van der Waals surface area (Å²) in [4.78, 5) is 0. The van der Waals surface area contributed by atoms with Gasteiger partial charge in [-0.1, -0.05) is 24.6 Å². The van der Waals surface area contributed by atoms with Gasteiger partial charge in [0.1, 0.15) is 5.75 Å². The molecule has 0 aromatic heterocycles. The topological polar surface area (TPSA) is 20.2 Å². The minimum atomic E-state index is 0.247. The van der Waals surface area contributed by atoms with Crippen molar-refractivity contribution in [2.24, 2.45) is 5.92 Å². The van der Waals surface area contributed by atoms with Gasteiger partial charge in [0, 0.05) is 5.02 Å². The summed E-state index contributed by atoms with van der Waals surface area (Å²) in [5, 5.41) is 9.82. The standard InChI is InChI=1S/C10H11ClO/c1-6-4-9(6)8-3-2-7(12)5-10(8)11/h2-3,5-6,9,12H,4H2,1H3. The third-order valence-electron chi connectivity index (χ3n) is 2.49. The van der Waals surface area contributed by atoms with Crippen LogP contribution in [0.2, 0.25) is 5.02 Å². The molecule has 1 aromatic rings. The summed E-state index contributed by atoms with van der Waals surface area (Å²) in [6.07, 6.45) is 1.23. The van der Waals surface area contributed by atoms with Crippen LogP contribution in [0.1, 0.15) is 24.8 Å². The lowest BCUT2D eigenvalue weighted by atomic mass is 10.1. The number of hydrogen-bond donors (Lipinski definition) is 1. The maximum Gasteiger partial charge on any atom is 0.117 e. The number of rotatable bonds is 1. The Morgan fingerprint density at radius 2 is 2.17 bits per heavy atom. The van der Waals surface area contributed by atoms with E-state index in [0.29, 0.717) is 10.9 Å². The fourth-order valence-corrected chi connectivity index (χ4v) is 1.89. The second-order valence-electron chi connectivity index (χ2n) is 3.53. The van der Waals surface area contributed by atoms with E-state index in [9.17, 15) is 0 Å². The number of aromatic hydroxyl groups is 1. The van der Waals surface area contributed by atoms with Crippen molar-refractivity contribution >= 4 is 11.6 Å². The van der Waals surface area contributed by atoms with Gasteiger partial charge in [-0.25, -0.2) is 0 Å². The molecule has 0 saturated heterocycles. The zero-order valence-corrected chi connectivity index (χ0v) is 7.67. The van der Waals surface area contributed by atoms with Gasteiger partial charge in [0.2, 0.25) is 0 Å². The summed E-state index contributed by atoms with van der Waals surface area (Å²) in [5.74, 6) is 1.63. The quantitative estimate of drug-likeness (QED) is 0.708. The summed E-state index contributed by atoms with van der Waals surface area (Å²) < 4.78 is 0. The normalized spacial score (nSPS) is 27.2. The van der Waals surface area contributed by atoms with Gasteiger partial charge in [-0.2, -0.15) is 0 Å². The van der Waals surface area contributed by atoms with E-state index in [1.54, 1.807) is 12.1 Å². The number of benzene rings is 1. The van der Waals surface area contributed by atoms with Gasteiger partial charge in [-0.05, 0) is 36.0 Å². The Kier molecular flexibility index (Phi) is 1.76. The first kappa shape index (κ1) is 7.93. The molecule has 2 rings (SSSR count). The number of hydrogen-bond acceptors (Lipinski definition) is 1. The molecule has 2 atom stereocenters. The Labute approximate surface area is 77.0 Å². The molecule has 1 fully saturated rings. The van der Waals surface area contributed by atoms with Crippen LogP contribution in [0.3, 0.4) is 0 Å². The van der Waals surface area contributed by atoms with E-state index >= 15 is 0 Å².